The molecule has 0 aliphatic carbocycles. The highest BCUT2D eigenvalue weighted by molar-refractivity contribution is 5.91. The zero-order chi connectivity index (χ0) is 19.1. The van der Waals surface area contributed by atoms with Crippen molar-refractivity contribution in [3.05, 3.63) is 70.8 Å². The molecule has 0 spiro atoms. The van der Waals surface area contributed by atoms with Crippen LogP contribution >= 0.6 is 0 Å². The molecule has 10 heteroatoms. The van der Waals surface area contributed by atoms with Gasteiger partial charge in [0.25, 0.3) is 0 Å². The zero-order valence-electron chi connectivity index (χ0n) is 13.3. The van der Waals surface area contributed by atoms with E-state index in [9.17, 15) is 26.7 Å². The van der Waals surface area contributed by atoms with Crippen molar-refractivity contribution in [1.82, 2.24) is 15.3 Å². The number of hydrogen-bond donors (Lipinski definition) is 1. The maximum absolute atomic E-state index is 13.9. The smallest absolute Gasteiger partial charge is 0.464 e. The van der Waals surface area contributed by atoms with Crippen LogP contribution in [0.4, 0.5) is 22.0 Å². The lowest BCUT2D eigenvalue weighted by atomic mass is 10.1. The maximum Gasteiger partial charge on any atom is 0.488 e. The van der Waals surface area contributed by atoms with Crippen LogP contribution in [0.3, 0.4) is 0 Å². The van der Waals surface area contributed by atoms with Crippen LogP contribution in [0.2, 0.25) is 0 Å². The highest BCUT2D eigenvalue weighted by atomic mass is 19.4. The fourth-order valence-electron chi connectivity index (χ4n) is 2.53. The zero-order valence-corrected chi connectivity index (χ0v) is 13.3. The van der Waals surface area contributed by atoms with Gasteiger partial charge in [-0.25, -0.2) is 13.6 Å². The minimum atomic E-state index is -4.67. The monoisotopic (exact) mass is 373 g/mol. The Morgan fingerprint density at radius 2 is 2.00 bits per heavy atom. The van der Waals surface area contributed by atoms with Gasteiger partial charge in [0.1, 0.15) is 17.3 Å². The van der Waals surface area contributed by atoms with Gasteiger partial charge in [-0.2, -0.15) is 0 Å². The van der Waals surface area contributed by atoms with Crippen LogP contribution in [0.25, 0.3) is 0 Å². The fourth-order valence-corrected chi connectivity index (χ4v) is 2.53. The number of hydrogen-bond acceptors (Lipinski definition) is 5. The van der Waals surface area contributed by atoms with Gasteiger partial charge >= 0.3 is 12.3 Å². The molecule has 1 aromatic carbocycles. The first-order valence-electron chi connectivity index (χ1n) is 7.27. The lowest BCUT2D eigenvalue weighted by Gasteiger charge is -2.27. The van der Waals surface area contributed by atoms with Gasteiger partial charge in [0, 0.05) is 29.6 Å². The molecule has 0 aromatic heterocycles. The van der Waals surface area contributed by atoms with Crippen LogP contribution in [-0.4, -0.2) is 29.3 Å². The lowest BCUT2D eigenvalue weighted by molar-refractivity contribution is -0.211. The number of hydrazine groups is 1. The maximum atomic E-state index is 13.9. The number of alkyl halides is 3. The van der Waals surface area contributed by atoms with Crippen molar-refractivity contribution < 1.29 is 31.5 Å². The van der Waals surface area contributed by atoms with E-state index in [1.807, 2.05) is 0 Å². The topological polar surface area (TPSA) is 44.8 Å². The number of nitrogens with zero attached hydrogens (tertiary/aromatic N) is 2. The number of ether oxygens (including phenoxy) is 1. The molecular weight excluding hydrogens is 361 g/mol. The van der Waals surface area contributed by atoms with Gasteiger partial charge in [0.15, 0.2) is 0 Å². The first kappa shape index (κ1) is 17.8. The predicted octanol–water partition coefficient (Wildman–Crippen LogP) is 2.90. The van der Waals surface area contributed by atoms with Gasteiger partial charge in [-0.3, -0.25) is 15.3 Å². The molecule has 0 fully saturated rings. The normalized spacial score (nSPS) is 16.5. The summed E-state index contributed by atoms with van der Waals surface area (Å²) < 4.78 is 70.4. The van der Waals surface area contributed by atoms with Crippen molar-refractivity contribution in [1.29, 1.82) is 0 Å². The Balaban J connectivity index is 1.97. The summed E-state index contributed by atoms with van der Waals surface area (Å²) in [5, 5.41) is 1.15. The SMILES string of the molecule is COC(=O)C1=C2C=CN(C(F)(F)F)C=C2N(Cc2ccc(F)cc2F)N1. The third-order valence-corrected chi connectivity index (χ3v) is 3.77. The summed E-state index contributed by atoms with van der Waals surface area (Å²) >= 11 is 0. The molecule has 2 aliphatic rings. The number of methoxy groups -OCH3 is 1. The van der Waals surface area contributed by atoms with Crippen LogP contribution in [0.1, 0.15) is 5.56 Å². The van der Waals surface area contributed by atoms with Gasteiger partial charge in [-0.1, -0.05) is 6.07 Å². The molecule has 0 radical (unpaired) electrons. The molecule has 2 aliphatic heterocycles. The van der Waals surface area contributed by atoms with Gasteiger partial charge < -0.3 is 4.74 Å². The van der Waals surface area contributed by atoms with Crippen LogP contribution in [0, 0.1) is 11.6 Å². The summed E-state index contributed by atoms with van der Waals surface area (Å²) in [5.74, 6) is -2.43. The van der Waals surface area contributed by atoms with E-state index in [1.165, 1.54) is 6.07 Å². The van der Waals surface area contributed by atoms with Crippen molar-refractivity contribution in [3.63, 3.8) is 0 Å². The van der Waals surface area contributed by atoms with Crippen LogP contribution in [0.5, 0.6) is 0 Å². The van der Waals surface area contributed by atoms with Crippen LogP contribution in [0.15, 0.2) is 53.6 Å². The Morgan fingerprint density at radius 1 is 1.27 bits per heavy atom. The first-order valence-corrected chi connectivity index (χ1v) is 7.27. The molecule has 0 saturated heterocycles. The molecule has 3 rings (SSSR count). The van der Waals surface area contributed by atoms with E-state index < -0.39 is 23.9 Å². The average molecular weight is 373 g/mol. The number of fused-ring (bicyclic) bond motifs is 1. The average Bonchev–Trinajstić information content (AvgIpc) is 2.94. The molecule has 1 aromatic rings. The third-order valence-electron chi connectivity index (χ3n) is 3.77. The number of carbonyl (C=O) groups excluding carboxylic acids is 1. The second-order valence-electron chi connectivity index (χ2n) is 5.42. The molecule has 26 heavy (non-hydrogen) atoms. The van der Waals surface area contributed by atoms with E-state index in [2.05, 4.69) is 10.2 Å². The van der Waals surface area contributed by atoms with Crippen molar-refractivity contribution in [3.8, 4) is 0 Å². The second-order valence-corrected chi connectivity index (χ2v) is 5.42. The summed E-state index contributed by atoms with van der Waals surface area (Å²) in [7, 11) is 1.12. The Labute approximate surface area is 144 Å². The summed E-state index contributed by atoms with van der Waals surface area (Å²) in [6.07, 6.45) is -2.05. The Hall–Kier alpha value is -3.04. The lowest BCUT2D eigenvalue weighted by Crippen LogP contribution is -2.35. The molecule has 0 atom stereocenters. The minimum absolute atomic E-state index is 0.00174. The van der Waals surface area contributed by atoms with Crippen LogP contribution in [-0.2, 0) is 16.1 Å². The highest BCUT2D eigenvalue weighted by Gasteiger charge is 2.39. The van der Waals surface area contributed by atoms with Crippen LogP contribution < -0.4 is 5.43 Å². The molecule has 0 bridgehead atoms. The first-order chi connectivity index (χ1) is 12.2. The molecule has 0 amide bonds. The third kappa shape index (κ3) is 3.22. The summed E-state index contributed by atoms with van der Waals surface area (Å²) in [4.78, 5) is 11.9. The Kier molecular flexibility index (Phi) is 4.34. The Bertz CT molecular complexity index is 845. The van der Waals surface area contributed by atoms with Crippen molar-refractivity contribution in [2.75, 3.05) is 7.11 Å². The van der Waals surface area contributed by atoms with Gasteiger partial charge in [-0.15, -0.1) is 13.2 Å². The number of esters is 1. The molecule has 5 nitrogen and oxygen atoms in total. The number of carbonyl (C=O) groups is 1. The van der Waals surface area contributed by atoms with E-state index in [0.717, 1.165) is 36.7 Å². The highest BCUT2D eigenvalue weighted by Crippen LogP contribution is 2.35. The van der Waals surface area contributed by atoms with E-state index in [1.54, 1.807) is 0 Å². The van der Waals surface area contributed by atoms with E-state index in [-0.39, 0.29) is 34.0 Å². The van der Waals surface area contributed by atoms with E-state index in [0.29, 0.717) is 6.07 Å². The van der Waals surface area contributed by atoms with E-state index >= 15 is 0 Å². The standard InChI is InChI=1S/C16H12F5N3O2/c1-26-15(25)14-11-4-5-23(16(19,20)21)8-13(11)24(22-14)7-9-2-3-10(17)6-12(9)18/h2-6,8,22H,7H2,1H3. The molecule has 2 heterocycles. The summed E-state index contributed by atoms with van der Waals surface area (Å²) in [6.45, 7) is -0.249. The predicted molar refractivity (Wildman–Crippen MR) is 79.2 cm³/mol. The summed E-state index contributed by atoms with van der Waals surface area (Å²) in [5.41, 5.74) is 2.71. The van der Waals surface area contributed by atoms with Crippen molar-refractivity contribution in [2.45, 2.75) is 12.8 Å². The van der Waals surface area contributed by atoms with Gasteiger partial charge in [-0.05, 0) is 12.1 Å². The van der Waals surface area contributed by atoms with Gasteiger partial charge in [0.2, 0.25) is 0 Å². The summed E-state index contributed by atoms with van der Waals surface area (Å²) in [6, 6.07) is 2.86. The van der Waals surface area contributed by atoms with Gasteiger partial charge in [0.05, 0.1) is 19.4 Å². The molecule has 0 unspecified atom stereocenters. The molecular formula is C16H12F5N3O2. The quantitative estimate of drug-likeness (QED) is 0.502. The number of allylic oxidation sites excluding steroid dienone is 1. The van der Waals surface area contributed by atoms with Crippen molar-refractivity contribution >= 4 is 5.97 Å². The molecule has 1 N–H and O–H groups in total. The number of nitrogens with one attached hydrogen (secondary N) is 1. The number of benzene rings is 1. The second kappa shape index (κ2) is 6.36. The Morgan fingerprint density at radius 3 is 2.62 bits per heavy atom. The molecule has 0 saturated carbocycles. The number of rotatable bonds is 3. The minimum Gasteiger partial charge on any atom is -0.464 e. The van der Waals surface area contributed by atoms with Crippen molar-refractivity contribution in [2.24, 2.45) is 0 Å². The number of halogens is 5. The fraction of sp³-hybridized carbons (Fsp3) is 0.188. The molecule has 138 valence electrons. The largest absolute Gasteiger partial charge is 0.488 e. The van der Waals surface area contributed by atoms with E-state index in [4.69, 9.17) is 0 Å².